The number of nitrogens with zero attached hydrogens (tertiary/aromatic N) is 3. The van der Waals surface area contributed by atoms with Gasteiger partial charge in [-0.05, 0) is 18.2 Å². The number of fused-ring (bicyclic) bond motifs is 1. The molecule has 9 heteroatoms. The number of pyridine rings is 1. The van der Waals surface area contributed by atoms with Crippen molar-refractivity contribution in [2.75, 3.05) is 12.4 Å². The summed E-state index contributed by atoms with van der Waals surface area (Å²) in [6.07, 6.45) is 1.49. The Balaban J connectivity index is 2.14. The van der Waals surface area contributed by atoms with Gasteiger partial charge in [-0.25, -0.2) is 19.2 Å². The summed E-state index contributed by atoms with van der Waals surface area (Å²) in [4.78, 5) is 19.9. The van der Waals surface area contributed by atoms with Crippen molar-refractivity contribution in [1.29, 1.82) is 5.26 Å². The van der Waals surface area contributed by atoms with Crippen molar-refractivity contribution in [1.82, 2.24) is 15.3 Å². The maximum atomic E-state index is 14.3. The van der Waals surface area contributed by atoms with E-state index in [1.165, 1.54) is 19.3 Å². The van der Waals surface area contributed by atoms with Crippen LogP contribution in [0.25, 0.3) is 20.8 Å². The lowest BCUT2D eigenvalue weighted by molar-refractivity contribution is 0.254. The Labute approximate surface area is 144 Å². The van der Waals surface area contributed by atoms with Crippen LogP contribution in [0.3, 0.4) is 0 Å². The van der Waals surface area contributed by atoms with Crippen LogP contribution in [-0.2, 0) is 0 Å². The standard InChI is InChI=1S/C15H9ClFN5OS/c1-19-15(23)22-13-12-10(2-3-20-13)21-14(24-12)11-8(16)4-7(6-18)5-9(11)17/h2-5H,1H3,(H2,19,20,22,23). The van der Waals surface area contributed by atoms with Gasteiger partial charge in [0.2, 0.25) is 0 Å². The van der Waals surface area contributed by atoms with Crippen LogP contribution in [0.2, 0.25) is 5.02 Å². The smallest absolute Gasteiger partial charge is 0.320 e. The normalized spacial score (nSPS) is 10.4. The van der Waals surface area contributed by atoms with E-state index >= 15 is 0 Å². The number of carbonyl (C=O) groups excluding carboxylic acids is 1. The van der Waals surface area contributed by atoms with E-state index in [2.05, 4.69) is 20.6 Å². The second-order valence-corrected chi connectivity index (χ2v) is 6.06. The van der Waals surface area contributed by atoms with Gasteiger partial charge in [0, 0.05) is 13.2 Å². The van der Waals surface area contributed by atoms with Gasteiger partial charge >= 0.3 is 6.03 Å². The summed E-state index contributed by atoms with van der Waals surface area (Å²) in [5, 5.41) is 14.3. The Morgan fingerprint density at radius 2 is 2.25 bits per heavy atom. The molecular formula is C15H9ClFN5OS. The van der Waals surface area contributed by atoms with Gasteiger partial charge < -0.3 is 5.32 Å². The second-order valence-electron chi connectivity index (χ2n) is 4.66. The summed E-state index contributed by atoms with van der Waals surface area (Å²) in [5.74, 6) is -0.312. The molecule has 0 aliphatic carbocycles. The zero-order valence-electron chi connectivity index (χ0n) is 12.2. The molecule has 120 valence electrons. The predicted octanol–water partition coefficient (Wildman–Crippen LogP) is 3.77. The molecule has 0 aliphatic heterocycles. The first-order chi connectivity index (χ1) is 11.5. The minimum Gasteiger partial charge on any atom is -0.341 e. The monoisotopic (exact) mass is 361 g/mol. The summed E-state index contributed by atoms with van der Waals surface area (Å²) < 4.78 is 14.9. The molecule has 0 spiro atoms. The van der Waals surface area contributed by atoms with Crippen LogP contribution in [0.4, 0.5) is 15.0 Å². The summed E-state index contributed by atoms with van der Waals surface area (Å²) in [6, 6.07) is 5.56. The number of nitriles is 1. The number of thiazole rings is 1. The van der Waals surface area contributed by atoms with Gasteiger partial charge in [-0.2, -0.15) is 5.26 Å². The second kappa shape index (κ2) is 6.39. The molecule has 0 aliphatic rings. The van der Waals surface area contributed by atoms with Crippen molar-refractivity contribution < 1.29 is 9.18 Å². The Kier molecular flexibility index (Phi) is 4.29. The molecule has 0 saturated carbocycles. The van der Waals surface area contributed by atoms with Crippen molar-refractivity contribution in [3.63, 3.8) is 0 Å². The minimum atomic E-state index is -0.633. The molecule has 3 rings (SSSR count). The van der Waals surface area contributed by atoms with Gasteiger partial charge in [-0.3, -0.25) is 5.32 Å². The van der Waals surface area contributed by atoms with E-state index in [1.54, 1.807) is 6.07 Å². The first-order valence-corrected chi connectivity index (χ1v) is 7.86. The van der Waals surface area contributed by atoms with Crippen molar-refractivity contribution in [2.24, 2.45) is 0 Å². The number of benzene rings is 1. The average Bonchev–Trinajstić information content (AvgIpc) is 2.98. The van der Waals surface area contributed by atoms with Crippen LogP contribution in [0.15, 0.2) is 24.4 Å². The molecule has 0 unspecified atom stereocenters. The number of amides is 2. The number of halogens is 2. The highest BCUT2D eigenvalue weighted by atomic mass is 35.5. The van der Waals surface area contributed by atoms with Gasteiger partial charge in [0.25, 0.3) is 0 Å². The highest BCUT2D eigenvalue weighted by molar-refractivity contribution is 7.22. The Morgan fingerprint density at radius 3 is 2.92 bits per heavy atom. The van der Waals surface area contributed by atoms with Crippen LogP contribution in [0.5, 0.6) is 0 Å². The molecular weight excluding hydrogens is 353 g/mol. The Morgan fingerprint density at radius 1 is 1.46 bits per heavy atom. The van der Waals surface area contributed by atoms with Gasteiger partial charge in [-0.1, -0.05) is 11.6 Å². The maximum Gasteiger partial charge on any atom is 0.320 e. The van der Waals surface area contributed by atoms with E-state index in [-0.39, 0.29) is 16.1 Å². The molecule has 1 aromatic carbocycles. The quantitative estimate of drug-likeness (QED) is 0.726. The number of hydrogen-bond acceptors (Lipinski definition) is 5. The SMILES string of the molecule is CNC(=O)Nc1nccc2nc(-c3c(F)cc(C#N)cc3Cl)sc12. The fourth-order valence-corrected chi connectivity index (χ4v) is 3.48. The van der Waals surface area contributed by atoms with Crippen LogP contribution >= 0.6 is 22.9 Å². The third-order valence-electron chi connectivity index (χ3n) is 3.15. The van der Waals surface area contributed by atoms with Gasteiger partial charge in [0.15, 0.2) is 5.82 Å². The fourth-order valence-electron chi connectivity index (χ4n) is 2.06. The van der Waals surface area contributed by atoms with E-state index in [4.69, 9.17) is 16.9 Å². The molecule has 0 radical (unpaired) electrons. The van der Waals surface area contributed by atoms with E-state index in [1.807, 2.05) is 6.07 Å². The number of urea groups is 1. The molecule has 2 N–H and O–H groups in total. The molecule has 2 aromatic heterocycles. The maximum absolute atomic E-state index is 14.3. The molecule has 2 amide bonds. The largest absolute Gasteiger partial charge is 0.341 e. The van der Waals surface area contributed by atoms with E-state index in [0.717, 1.165) is 17.4 Å². The molecule has 0 bridgehead atoms. The summed E-state index contributed by atoms with van der Waals surface area (Å²) in [5.41, 5.74) is 0.796. The number of rotatable bonds is 2. The predicted molar refractivity (Wildman–Crippen MR) is 90.6 cm³/mol. The number of nitrogens with one attached hydrogen (secondary N) is 2. The first kappa shape index (κ1) is 16.1. The third kappa shape index (κ3) is 2.87. The van der Waals surface area contributed by atoms with E-state index in [0.29, 0.717) is 21.0 Å². The summed E-state index contributed by atoms with van der Waals surface area (Å²) in [6.45, 7) is 0. The summed E-state index contributed by atoms with van der Waals surface area (Å²) in [7, 11) is 1.49. The minimum absolute atomic E-state index is 0.0966. The van der Waals surface area contributed by atoms with Crippen LogP contribution in [0.1, 0.15) is 5.56 Å². The molecule has 0 atom stereocenters. The van der Waals surface area contributed by atoms with Crippen molar-refractivity contribution in [3.8, 4) is 16.6 Å². The lowest BCUT2D eigenvalue weighted by Crippen LogP contribution is -2.24. The third-order valence-corrected chi connectivity index (χ3v) is 4.54. The summed E-state index contributed by atoms with van der Waals surface area (Å²) >= 11 is 7.25. The molecule has 3 aromatic rings. The fraction of sp³-hybridized carbons (Fsp3) is 0.0667. The zero-order valence-corrected chi connectivity index (χ0v) is 13.8. The number of aromatic nitrogens is 2. The number of carbonyl (C=O) groups is 1. The molecule has 24 heavy (non-hydrogen) atoms. The lowest BCUT2D eigenvalue weighted by Gasteiger charge is -2.03. The topological polar surface area (TPSA) is 90.7 Å². The molecule has 2 heterocycles. The van der Waals surface area contributed by atoms with Crippen molar-refractivity contribution >= 4 is 45.0 Å². The van der Waals surface area contributed by atoms with Gasteiger partial charge in [0.05, 0.1) is 32.4 Å². The van der Waals surface area contributed by atoms with Gasteiger partial charge in [-0.15, -0.1) is 11.3 Å². The molecule has 0 saturated heterocycles. The number of anilines is 1. The Bertz CT molecular complexity index is 974. The van der Waals surface area contributed by atoms with Crippen molar-refractivity contribution in [2.45, 2.75) is 0 Å². The van der Waals surface area contributed by atoms with Gasteiger partial charge in [0.1, 0.15) is 10.8 Å². The highest BCUT2D eigenvalue weighted by Gasteiger charge is 2.18. The van der Waals surface area contributed by atoms with Crippen LogP contribution in [-0.4, -0.2) is 23.0 Å². The number of hydrogen-bond donors (Lipinski definition) is 2. The van der Waals surface area contributed by atoms with Crippen LogP contribution < -0.4 is 10.6 Å². The van der Waals surface area contributed by atoms with E-state index in [9.17, 15) is 9.18 Å². The molecule has 6 nitrogen and oxygen atoms in total. The highest BCUT2D eigenvalue weighted by Crippen LogP contribution is 2.38. The molecule has 0 fully saturated rings. The van der Waals surface area contributed by atoms with Crippen LogP contribution in [0, 0.1) is 17.1 Å². The van der Waals surface area contributed by atoms with E-state index < -0.39 is 11.8 Å². The zero-order chi connectivity index (χ0) is 17.3. The lowest BCUT2D eigenvalue weighted by atomic mass is 10.1. The van der Waals surface area contributed by atoms with Crippen molar-refractivity contribution in [3.05, 3.63) is 40.8 Å². The Hall–Kier alpha value is -2.76. The first-order valence-electron chi connectivity index (χ1n) is 6.67. The average molecular weight is 362 g/mol.